The third-order valence-corrected chi connectivity index (χ3v) is 7.59. The molecule has 1 fully saturated rings. The van der Waals surface area contributed by atoms with Gasteiger partial charge in [0.2, 0.25) is 12.7 Å². The van der Waals surface area contributed by atoms with E-state index in [-0.39, 0.29) is 24.4 Å². The van der Waals surface area contributed by atoms with E-state index in [1.807, 2.05) is 40.3 Å². The van der Waals surface area contributed by atoms with Crippen LogP contribution in [0.25, 0.3) is 10.9 Å². The van der Waals surface area contributed by atoms with Gasteiger partial charge >= 0.3 is 0 Å². The minimum atomic E-state index is -0.226. The molecule has 1 atom stereocenters. The Morgan fingerprint density at radius 1 is 1.00 bits per heavy atom. The van der Waals surface area contributed by atoms with E-state index in [0.717, 1.165) is 34.2 Å². The van der Waals surface area contributed by atoms with Gasteiger partial charge in [0.25, 0.3) is 0 Å². The van der Waals surface area contributed by atoms with E-state index < -0.39 is 0 Å². The highest BCUT2D eigenvalue weighted by Crippen LogP contribution is 2.40. The number of nitrogens with one attached hydrogen (secondary N) is 1. The maximum atomic E-state index is 14.3. The lowest BCUT2D eigenvalue weighted by atomic mass is 9.87. The molecular formula is C30H30FN3O3. The molecule has 37 heavy (non-hydrogen) atoms. The van der Waals surface area contributed by atoms with Gasteiger partial charge in [0, 0.05) is 55.6 Å². The number of H-pyrrole nitrogens is 1. The summed E-state index contributed by atoms with van der Waals surface area (Å²) in [5.41, 5.74) is 5.09. The molecule has 1 saturated heterocycles. The number of rotatable bonds is 6. The van der Waals surface area contributed by atoms with Crippen molar-refractivity contribution in [2.75, 3.05) is 37.9 Å². The molecule has 6 rings (SSSR count). The summed E-state index contributed by atoms with van der Waals surface area (Å²) in [7, 11) is 0. The molecular weight excluding hydrogens is 469 g/mol. The quantitative estimate of drug-likeness (QED) is 0.382. The fourth-order valence-corrected chi connectivity index (χ4v) is 5.57. The predicted octanol–water partition coefficient (Wildman–Crippen LogP) is 5.47. The number of benzene rings is 3. The van der Waals surface area contributed by atoms with Crippen LogP contribution in [0, 0.1) is 5.82 Å². The number of hydrogen-bond donors (Lipinski definition) is 1. The van der Waals surface area contributed by atoms with Crippen molar-refractivity contribution >= 4 is 22.5 Å². The fraction of sp³-hybridized carbons (Fsp3) is 0.300. The summed E-state index contributed by atoms with van der Waals surface area (Å²) < 4.78 is 25.5. The lowest BCUT2D eigenvalue weighted by Gasteiger charge is -2.36. The average Bonchev–Trinajstić information content (AvgIpc) is 3.59. The molecule has 0 spiro atoms. The first-order valence-electron chi connectivity index (χ1n) is 12.9. The van der Waals surface area contributed by atoms with Crippen molar-refractivity contribution in [2.24, 2.45) is 0 Å². The predicted molar refractivity (Wildman–Crippen MR) is 142 cm³/mol. The Hall–Kier alpha value is -4.00. The second-order valence-corrected chi connectivity index (χ2v) is 9.63. The Kier molecular flexibility index (Phi) is 6.20. The van der Waals surface area contributed by atoms with Crippen LogP contribution in [0.1, 0.15) is 36.0 Å². The first kappa shape index (κ1) is 23.4. The highest BCUT2D eigenvalue weighted by Gasteiger charge is 2.28. The number of amides is 1. The van der Waals surface area contributed by atoms with E-state index in [0.29, 0.717) is 44.0 Å². The number of halogens is 1. The zero-order chi connectivity index (χ0) is 25.4. The van der Waals surface area contributed by atoms with Crippen LogP contribution in [-0.4, -0.2) is 48.8 Å². The molecule has 2 aliphatic rings. The fourth-order valence-electron chi connectivity index (χ4n) is 5.57. The van der Waals surface area contributed by atoms with Gasteiger partial charge in [0.15, 0.2) is 11.5 Å². The Labute approximate surface area is 215 Å². The summed E-state index contributed by atoms with van der Waals surface area (Å²) in [6.45, 7) is 4.70. The van der Waals surface area contributed by atoms with Gasteiger partial charge in [0.05, 0.1) is 5.69 Å². The summed E-state index contributed by atoms with van der Waals surface area (Å²) >= 11 is 0. The molecule has 1 amide bonds. The van der Waals surface area contributed by atoms with Crippen LogP contribution >= 0.6 is 0 Å². The molecule has 3 aromatic carbocycles. The number of aromatic nitrogens is 1. The van der Waals surface area contributed by atoms with E-state index in [1.165, 1.54) is 11.6 Å². The molecule has 3 heterocycles. The Bertz CT molecular complexity index is 1440. The summed E-state index contributed by atoms with van der Waals surface area (Å²) in [6.07, 6.45) is 3.31. The highest BCUT2D eigenvalue weighted by atomic mass is 19.1. The second-order valence-electron chi connectivity index (χ2n) is 9.63. The molecule has 0 saturated carbocycles. The molecule has 1 aromatic heterocycles. The van der Waals surface area contributed by atoms with Gasteiger partial charge < -0.3 is 24.3 Å². The van der Waals surface area contributed by atoms with E-state index in [2.05, 4.69) is 30.1 Å². The third kappa shape index (κ3) is 4.39. The molecule has 4 aromatic rings. The topological polar surface area (TPSA) is 57.8 Å². The van der Waals surface area contributed by atoms with Crippen molar-refractivity contribution in [3.8, 4) is 11.5 Å². The normalized spacial score (nSPS) is 15.8. The van der Waals surface area contributed by atoms with E-state index in [1.54, 1.807) is 12.1 Å². The largest absolute Gasteiger partial charge is 0.454 e. The van der Waals surface area contributed by atoms with Crippen molar-refractivity contribution in [1.82, 2.24) is 9.88 Å². The molecule has 2 aliphatic heterocycles. The SMILES string of the molecule is CCc1cccc2c([C@H](CC(=O)N3CCN(c4ccccc4F)CC3)c3ccc4c(c3)OCO4)c[nH]c12. The Balaban J connectivity index is 1.27. The van der Waals surface area contributed by atoms with Crippen LogP contribution in [0.15, 0.2) is 66.9 Å². The number of aryl methyl sites for hydroxylation is 1. The van der Waals surface area contributed by atoms with Crippen LogP contribution < -0.4 is 14.4 Å². The first-order valence-corrected chi connectivity index (χ1v) is 12.9. The number of fused-ring (bicyclic) bond motifs is 2. The number of ether oxygens (including phenoxy) is 2. The highest BCUT2D eigenvalue weighted by molar-refractivity contribution is 5.88. The smallest absolute Gasteiger partial charge is 0.231 e. The lowest BCUT2D eigenvalue weighted by molar-refractivity contribution is -0.131. The van der Waals surface area contributed by atoms with Crippen LogP contribution in [0.4, 0.5) is 10.1 Å². The van der Waals surface area contributed by atoms with Gasteiger partial charge in [-0.1, -0.05) is 43.3 Å². The van der Waals surface area contributed by atoms with Crippen LogP contribution in [0.5, 0.6) is 11.5 Å². The third-order valence-electron chi connectivity index (χ3n) is 7.59. The number of carbonyl (C=O) groups excluding carboxylic acids is 1. The van der Waals surface area contributed by atoms with Crippen molar-refractivity contribution < 1.29 is 18.7 Å². The monoisotopic (exact) mass is 499 g/mol. The molecule has 6 nitrogen and oxygen atoms in total. The number of para-hydroxylation sites is 2. The second kappa shape index (κ2) is 9.81. The van der Waals surface area contributed by atoms with E-state index in [9.17, 15) is 9.18 Å². The zero-order valence-electron chi connectivity index (χ0n) is 20.9. The molecule has 1 N–H and O–H groups in total. The number of hydrogen-bond acceptors (Lipinski definition) is 4. The van der Waals surface area contributed by atoms with Gasteiger partial charge in [-0.3, -0.25) is 4.79 Å². The number of carbonyl (C=O) groups is 1. The Morgan fingerprint density at radius 3 is 2.62 bits per heavy atom. The van der Waals surface area contributed by atoms with E-state index in [4.69, 9.17) is 9.47 Å². The maximum Gasteiger partial charge on any atom is 0.231 e. The van der Waals surface area contributed by atoms with Crippen molar-refractivity contribution in [3.63, 3.8) is 0 Å². The Morgan fingerprint density at radius 2 is 1.81 bits per heavy atom. The van der Waals surface area contributed by atoms with Crippen molar-refractivity contribution in [1.29, 1.82) is 0 Å². The molecule has 0 aliphatic carbocycles. The minimum absolute atomic E-state index is 0.0943. The maximum absolute atomic E-state index is 14.3. The number of aromatic amines is 1. The summed E-state index contributed by atoms with van der Waals surface area (Å²) in [5, 5.41) is 1.14. The van der Waals surface area contributed by atoms with Gasteiger partial charge in [-0.2, -0.15) is 0 Å². The minimum Gasteiger partial charge on any atom is -0.454 e. The molecule has 0 unspecified atom stereocenters. The average molecular weight is 500 g/mol. The van der Waals surface area contributed by atoms with Crippen molar-refractivity contribution in [2.45, 2.75) is 25.7 Å². The first-order chi connectivity index (χ1) is 18.1. The number of piperazine rings is 1. The summed E-state index contributed by atoms with van der Waals surface area (Å²) in [6, 6.07) is 19.1. The molecule has 7 heteroatoms. The van der Waals surface area contributed by atoms with E-state index >= 15 is 0 Å². The van der Waals surface area contributed by atoms with Gasteiger partial charge in [-0.05, 0) is 47.4 Å². The van der Waals surface area contributed by atoms with Gasteiger partial charge in [-0.15, -0.1) is 0 Å². The lowest BCUT2D eigenvalue weighted by Crippen LogP contribution is -2.49. The van der Waals surface area contributed by atoms with Crippen LogP contribution in [-0.2, 0) is 11.2 Å². The molecule has 190 valence electrons. The summed E-state index contributed by atoms with van der Waals surface area (Å²) in [4.78, 5) is 21.0. The number of nitrogens with zero attached hydrogens (tertiary/aromatic N) is 2. The molecule has 0 radical (unpaired) electrons. The standard InChI is InChI=1S/C30H30FN3O3/c1-2-20-6-5-7-22-24(18-32-30(20)22)23(21-10-11-27-28(16-21)37-19-36-27)17-29(35)34-14-12-33(13-15-34)26-9-4-3-8-25(26)31/h3-11,16,18,23,32H,2,12-15,17,19H2,1H3/t23-/m1/s1. The molecule has 0 bridgehead atoms. The van der Waals surface area contributed by atoms with Gasteiger partial charge in [0.1, 0.15) is 5.82 Å². The van der Waals surface area contributed by atoms with Crippen LogP contribution in [0.3, 0.4) is 0 Å². The van der Waals surface area contributed by atoms with Crippen molar-refractivity contribution in [3.05, 3.63) is 89.4 Å². The number of anilines is 1. The van der Waals surface area contributed by atoms with Gasteiger partial charge in [-0.25, -0.2) is 4.39 Å². The zero-order valence-corrected chi connectivity index (χ0v) is 20.9. The summed E-state index contributed by atoms with van der Waals surface area (Å²) in [5.74, 6) is 1.16. The van der Waals surface area contributed by atoms with Crippen LogP contribution in [0.2, 0.25) is 0 Å².